The van der Waals surface area contributed by atoms with Gasteiger partial charge in [0, 0.05) is 30.3 Å². The lowest BCUT2D eigenvalue weighted by molar-refractivity contribution is -0.385. The van der Waals surface area contributed by atoms with Crippen LogP contribution in [0.25, 0.3) is 0 Å². The molecule has 0 aliphatic carbocycles. The summed E-state index contributed by atoms with van der Waals surface area (Å²) in [4.78, 5) is 23.0. The molecular weight excluding hydrogens is 408 g/mol. The number of carbonyl (C=O) groups is 1. The van der Waals surface area contributed by atoms with E-state index in [1.165, 1.54) is 18.2 Å². The zero-order valence-corrected chi connectivity index (χ0v) is 16.9. The summed E-state index contributed by atoms with van der Waals surface area (Å²) in [5.74, 6) is 0.193. The van der Waals surface area contributed by atoms with Crippen LogP contribution in [0.15, 0.2) is 66.7 Å². The van der Waals surface area contributed by atoms with E-state index in [2.05, 4.69) is 5.32 Å². The highest BCUT2D eigenvalue weighted by Gasteiger charge is 2.16. The predicted octanol–water partition coefficient (Wildman–Crippen LogP) is 5.12. The first-order valence-electron chi connectivity index (χ1n) is 9.03. The monoisotopic (exact) mass is 426 g/mol. The summed E-state index contributed by atoms with van der Waals surface area (Å²) in [6.07, 6.45) is 0. The molecule has 0 atom stereocenters. The van der Waals surface area contributed by atoms with Crippen LogP contribution < -0.4 is 10.1 Å². The summed E-state index contributed by atoms with van der Waals surface area (Å²) in [6.45, 7) is 0.890. The third-order valence-corrected chi connectivity index (χ3v) is 4.45. The number of benzene rings is 3. The van der Waals surface area contributed by atoms with Gasteiger partial charge in [-0.2, -0.15) is 0 Å². The predicted molar refractivity (Wildman–Crippen MR) is 113 cm³/mol. The van der Waals surface area contributed by atoms with Gasteiger partial charge in [0.1, 0.15) is 5.75 Å². The average Bonchev–Trinajstić information content (AvgIpc) is 2.74. The van der Waals surface area contributed by atoms with Crippen LogP contribution in [0.4, 0.5) is 5.69 Å². The number of rotatable bonds is 8. The van der Waals surface area contributed by atoms with E-state index in [4.69, 9.17) is 21.1 Å². The average molecular weight is 427 g/mol. The lowest BCUT2D eigenvalue weighted by Crippen LogP contribution is -2.22. The van der Waals surface area contributed by atoms with Crippen molar-refractivity contribution < 1.29 is 19.2 Å². The molecule has 0 spiro atoms. The third-order valence-electron chi connectivity index (χ3n) is 4.22. The maximum absolute atomic E-state index is 12.4. The molecule has 3 aromatic rings. The summed E-state index contributed by atoms with van der Waals surface area (Å²) in [7, 11) is 1.63. The van der Waals surface area contributed by atoms with Crippen molar-refractivity contribution in [3.05, 3.63) is 98.6 Å². The van der Waals surface area contributed by atoms with Gasteiger partial charge in [-0.15, -0.1) is 0 Å². The molecule has 0 bridgehead atoms. The molecule has 0 aromatic heterocycles. The van der Waals surface area contributed by atoms with Crippen LogP contribution in [-0.2, 0) is 17.9 Å². The molecule has 154 valence electrons. The molecule has 0 unspecified atom stereocenters. The lowest BCUT2D eigenvalue weighted by Gasteiger charge is -2.09. The largest absolute Gasteiger partial charge is 0.450 e. The van der Waals surface area contributed by atoms with E-state index in [9.17, 15) is 14.9 Å². The van der Waals surface area contributed by atoms with Crippen LogP contribution in [0.1, 0.15) is 21.5 Å². The molecular formula is C22H19ClN2O5. The number of hydrogen-bond acceptors (Lipinski definition) is 5. The maximum atomic E-state index is 12.4. The van der Waals surface area contributed by atoms with E-state index in [0.29, 0.717) is 24.5 Å². The molecule has 1 amide bonds. The topological polar surface area (TPSA) is 90.7 Å². The highest BCUT2D eigenvalue weighted by Crippen LogP contribution is 2.33. The van der Waals surface area contributed by atoms with E-state index in [1.54, 1.807) is 31.4 Å². The number of hydrogen-bond donors (Lipinski definition) is 1. The van der Waals surface area contributed by atoms with Gasteiger partial charge in [-0.05, 0) is 47.5 Å². The Morgan fingerprint density at radius 3 is 2.50 bits per heavy atom. The van der Waals surface area contributed by atoms with Crippen molar-refractivity contribution in [1.82, 2.24) is 5.32 Å². The summed E-state index contributed by atoms with van der Waals surface area (Å²) >= 11 is 5.81. The number of halogens is 1. The lowest BCUT2D eigenvalue weighted by atomic mass is 10.1. The zero-order chi connectivity index (χ0) is 21.5. The summed E-state index contributed by atoms with van der Waals surface area (Å²) in [6, 6.07) is 18.3. The number of ether oxygens (including phenoxy) is 2. The van der Waals surface area contributed by atoms with Crippen molar-refractivity contribution >= 4 is 23.2 Å². The molecule has 3 aromatic carbocycles. The second kappa shape index (κ2) is 9.87. The Morgan fingerprint density at radius 1 is 1.07 bits per heavy atom. The molecule has 0 heterocycles. The molecule has 7 nitrogen and oxygen atoms in total. The SMILES string of the molecule is COCc1cccc(CNC(=O)c2ccc(Oc3ccc(Cl)cc3[N+](=O)[O-])cc2)c1. The molecule has 0 aliphatic heterocycles. The van der Waals surface area contributed by atoms with Crippen LogP contribution in [0, 0.1) is 10.1 Å². The minimum absolute atomic E-state index is 0.0672. The van der Waals surface area contributed by atoms with Gasteiger partial charge in [-0.25, -0.2) is 0 Å². The fourth-order valence-corrected chi connectivity index (χ4v) is 2.97. The molecule has 0 saturated carbocycles. The number of carbonyl (C=O) groups excluding carboxylic acids is 1. The molecule has 3 rings (SSSR count). The Labute approximate surface area is 178 Å². The normalized spacial score (nSPS) is 10.5. The molecule has 8 heteroatoms. The van der Waals surface area contributed by atoms with Crippen LogP contribution in [-0.4, -0.2) is 17.9 Å². The summed E-state index contributed by atoms with van der Waals surface area (Å²) < 4.78 is 10.7. The van der Waals surface area contributed by atoms with Crippen LogP contribution in [0.3, 0.4) is 0 Å². The van der Waals surface area contributed by atoms with E-state index in [1.807, 2.05) is 24.3 Å². The Hall–Kier alpha value is -3.42. The Balaban J connectivity index is 1.63. The van der Waals surface area contributed by atoms with Crippen LogP contribution in [0.5, 0.6) is 11.5 Å². The number of amides is 1. The van der Waals surface area contributed by atoms with E-state index in [0.717, 1.165) is 11.1 Å². The zero-order valence-electron chi connectivity index (χ0n) is 16.1. The van der Waals surface area contributed by atoms with Gasteiger partial charge in [-0.3, -0.25) is 14.9 Å². The molecule has 0 saturated heterocycles. The van der Waals surface area contributed by atoms with Crippen molar-refractivity contribution in [2.75, 3.05) is 7.11 Å². The number of nitrogens with zero attached hydrogens (tertiary/aromatic N) is 1. The Kier molecular flexibility index (Phi) is 7.00. The van der Waals surface area contributed by atoms with Crippen molar-refractivity contribution in [3.8, 4) is 11.5 Å². The fraction of sp³-hybridized carbons (Fsp3) is 0.136. The first kappa shape index (κ1) is 21.3. The van der Waals surface area contributed by atoms with Crippen LogP contribution in [0.2, 0.25) is 5.02 Å². The van der Waals surface area contributed by atoms with Gasteiger partial charge in [0.2, 0.25) is 5.75 Å². The number of methoxy groups -OCH3 is 1. The Bertz CT molecular complexity index is 1050. The van der Waals surface area contributed by atoms with E-state index in [-0.39, 0.29) is 22.4 Å². The van der Waals surface area contributed by atoms with Crippen LogP contribution >= 0.6 is 11.6 Å². The second-order valence-electron chi connectivity index (χ2n) is 6.43. The second-order valence-corrected chi connectivity index (χ2v) is 6.87. The van der Waals surface area contributed by atoms with Crippen molar-refractivity contribution in [2.24, 2.45) is 0 Å². The summed E-state index contributed by atoms with van der Waals surface area (Å²) in [5, 5.41) is 14.3. The van der Waals surface area contributed by atoms with Crippen molar-refractivity contribution in [1.29, 1.82) is 0 Å². The highest BCUT2D eigenvalue weighted by atomic mass is 35.5. The number of nitro benzene ring substituents is 1. The Morgan fingerprint density at radius 2 is 1.80 bits per heavy atom. The quantitative estimate of drug-likeness (QED) is 0.399. The van der Waals surface area contributed by atoms with Gasteiger partial charge < -0.3 is 14.8 Å². The van der Waals surface area contributed by atoms with Gasteiger partial charge >= 0.3 is 5.69 Å². The minimum Gasteiger partial charge on any atom is -0.450 e. The van der Waals surface area contributed by atoms with Gasteiger partial charge in [0.05, 0.1) is 11.5 Å². The van der Waals surface area contributed by atoms with Gasteiger partial charge in [0.25, 0.3) is 5.91 Å². The number of nitrogens with one attached hydrogen (secondary N) is 1. The molecule has 0 fully saturated rings. The van der Waals surface area contributed by atoms with E-state index >= 15 is 0 Å². The maximum Gasteiger partial charge on any atom is 0.313 e. The first-order chi connectivity index (χ1) is 14.5. The van der Waals surface area contributed by atoms with Crippen molar-refractivity contribution in [3.63, 3.8) is 0 Å². The van der Waals surface area contributed by atoms with Gasteiger partial charge in [-0.1, -0.05) is 35.9 Å². The fourth-order valence-electron chi connectivity index (χ4n) is 2.80. The third kappa shape index (κ3) is 5.56. The van der Waals surface area contributed by atoms with E-state index < -0.39 is 4.92 Å². The summed E-state index contributed by atoms with van der Waals surface area (Å²) in [5.41, 5.74) is 2.20. The molecule has 1 N–H and O–H groups in total. The molecule has 0 aliphatic rings. The number of nitro groups is 1. The standard InChI is InChI=1S/C22H19ClN2O5/c1-29-14-16-4-2-3-15(11-16)13-24-22(26)17-5-8-19(9-6-17)30-21-10-7-18(23)12-20(21)25(27)28/h2-12H,13-14H2,1H3,(H,24,26). The smallest absolute Gasteiger partial charge is 0.313 e. The molecule has 30 heavy (non-hydrogen) atoms. The van der Waals surface area contributed by atoms with Gasteiger partial charge in [0.15, 0.2) is 0 Å². The minimum atomic E-state index is -0.565. The van der Waals surface area contributed by atoms with Crippen molar-refractivity contribution in [2.45, 2.75) is 13.2 Å². The highest BCUT2D eigenvalue weighted by molar-refractivity contribution is 6.30. The molecule has 0 radical (unpaired) electrons. The first-order valence-corrected chi connectivity index (χ1v) is 9.41.